The number of amides is 3. The van der Waals surface area contributed by atoms with Crippen LogP contribution < -0.4 is 10.6 Å². The molecule has 0 fully saturated rings. The summed E-state index contributed by atoms with van der Waals surface area (Å²) >= 11 is 0. The number of unbranched alkanes of at least 4 members (excludes halogenated alkanes) is 1. The Bertz CT molecular complexity index is 804. The first kappa shape index (κ1) is 28.3. The van der Waals surface area contributed by atoms with E-state index in [1.165, 1.54) is 11.0 Å². The number of carbonyl (C=O) groups is 3. The minimum Gasteiger partial charge on any atom is -0.508 e. The molecular formula is C25H41N3O5. The van der Waals surface area contributed by atoms with Crippen molar-refractivity contribution in [2.45, 2.75) is 91.8 Å². The lowest BCUT2D eigenvalue weighted by Crippen LogP contribution is -2.49. The molecule has 1 rings (SSSR count). The highest BCUT2D eigenvalue weighted by Gasteiger charge is 2.32. The third-order valence-electron chi connectivity index (χ3n) is 5.06. The van der Waals surface area contributed by atoms with Crippen LogP contribution in [0.3, 0.4) is 0 Å². The van der Waals surface area contributed by atoms with Crippen LogP contribution in [0.15, 0.2) is 18.2 Å². The lowest BCUT2D eigenvalue weighted by molar-refractivity contribution is -0.140. The lowest BCUT2D eigenvalue weighted by atomic mass is 10.00. The molecular weight excluding hydrogens is 422 g/mol. The fourth-order valence-electron chi connectivity index (χ4n) is 3.44. The normalized spacial score (nSPS) is 13.1. The first-order chi connectivity index (χ1) is 15.4. The van der Waals surface area contributed by atoms with E-state index in [0.717, 1.165) is 19.3 Å². The second-order valence-electron chi connectivity index (χ2n) is 9.44. The Hall–Kier alpha value is -2.77. The van der Waals surface area contributed by atoms with E-state index in [4.69, 9.17) is 4.74 Å². The highest BCUT2D eigenvalue weighted by Crippen LogP contribution is 2.27. The molecule has 0 saturated heterocycles. The maximum absolute atomic E-state index is 13.4. The summed E-state index contributed by atoms with van der Waals surface area (Å²) in [5.74, 6) is -0.554. The monoisotopic (exact) mass is 463 g/mol. The van der Waals surface area contributed by atoms with E-state index in [0.29, 0.717) is 24.1 Å². The number of hydrogen-bond donors (Lipinski definition) is 3. The molecule has 0 aromatic heterocycles. The van der Waals surface area contributed by atoms with Gasteiger partial charge in [-0.1, -0.05) is 32.8 Å². The molecule has 1 aromatic rings. The number of phenols is 1. The molecule has 186 valence electrons. The van der Waals surface area contributed by atoms with Crippen molar-refractivity contribution in [3.8, 4) is 5.75 Å². The molecule has 3 N–H and O–H groups in total. The molecule has 0 aliphatic heterocycles. The van der Waals surface area contributed by atoms with E-state index in [-0.39, 0.29) is 30.2 Å². The van der Waals surface area contributed by atoms with Gasteiger partial charge in [0.15, 0.2) is 0 Å². The quantitative estimate of drug-likeness (QED) is 0.456. The number of carbonyl (C=O) groups excluding carboxylic acids is 3. The molecule has 0 saturated carbocycles. The number of alkyl carbamates (subject to hydrolysis) is 1. The Kier molecular flexibility index (Phi) is 11.2. The zero-order valence-electron chi connectivity index (χ0n) is 21.2. The summed E-state index contributed by atoms with van der Waals surface area (Å²) in [6, 6.07) is 3.97. The van der Waals surface area contributed by atoms with Gasteiger partial charge in [-0.3, -0.25) is 9.59 Å². The van der Waals surface area contributed by atoms with Crippen LogP contribution in [-0.4, -0.2) is 52.6 Å². The van der Waals surface area contributed by atoms with Gasteiger partial charge in [-0.25, -0.2) is 4.79 Å². The number of aromatic hydroxyl groups is 1. The van der Waals surface area contributed by atoms with Gasteiger partial charge in [0, 0.05) is 12.6 Å². The lowest BCUT2D eigenvalue weighted by Gasteiger charge is -2.32. The Labute approximate surface area is 198 Å². The van der Waals surface area contributed by atoms with Crippen molar-refractivity contribution in [3.05, 3.63) is 29.3 Å². The van der Waals surface area contributed by atoms with Crippen molar-refractivity contribution in [2.24, 2.45) is 0 Å². The largest absolute Gasteiger partial charge is 0.508 e. The summed E-state index contributed by atoms with van der Waals surface area (Å²) in [6.07, 6.45) is 2.57. The van der Waals surface area contributed by atoms with Crippen molar-refractivity contribution in [3.63, 3.8) is 0 Å². The average Bonchev–Trinajstić information content (AvgIpc) is 2.70. The van der Waals surface area contributed by atoms with Crippen LogP contribution in [0.1, 0.15) is 84.4 Å². The van der Waals surface area contributed by atoms with Crippen molar-refractivity contribution < 1.29 is 24.2 Å². The van der Waals surface area contributed by atoms with Gasteiger partial charge in [-0.15, -0.1) is 0 Å². The van der Waals surface area contributed by atoms with Crippen LogP contribution in [0, 0.1) is 6.92 Å². The molecule has 0 spiro atoms. The summed E-state index contributed by atoms with van der Waals surface area (Å²) in [6.45, 7) is 13.0. The number of benzene rings is 1. The predicted octanol–water partition coefficient (Wildman–Crippen LogP) is 4.20. The number of hydrogen-bond acceptors (Lipinski definition) is 5. The number of nitrogens with one attached hydrogen (secondary N) is 2. The van der Waals surface area contributed by atoms with Crippen LogP contribution in [0.25, 0.3) is 0 Å². The molecule has 0 bridgehead atoms. The molecule has 1 aromatic carbocycles. The van der Waals surface area contributed by atoms with Crippen LogP contribution in [-0.2, 0) is 14.3 Å². The van der Waals surface area contributed by atoms with E-state index in [1.54, 1.807) is 39.8 Å². The Morgan fingerprint density at radius 2 is 1.82 bits per heavy atom. The van der Waals surface area contributed by atoms with Gasteiger partial charge in [0.1, 0.15) is 23.9 Å². The minimum absolute atomic E-state index is 0.0498. The summed E-state index contributed by atoms with van der Waals surface area (Å²) in [7, 11) is 0. The molecule has 3 amide bonds. The van der Waals surface area contributed by atoms with Crippen LogP contribution in [0.2, 0.25) is 0 Å². The molecule has 0 aliphatic carbocycles. The van der Waals surface area contributed by atoms with Gasteiger partial charge in [-0.2, -0.15) is 0 Å². The number of nitrogens with zero attached hydrogens (tertiary/aromatic N) is 1. The van der Waals surface area contributed by atoms with Crippen LogP contribution in [0.5, 0.6) is 5.75 Å². The number of ether oxygens (including phenoxy) is 1. The van der Waals surface area contributed by atoms with Crippen molar-refractivity contribution >= 4 is 17.9 Å². The van der Waals surface area contributed by atoms with Gasteiger partial charge in [0.05, 0.1) is 0 Å². The summed E-state index contributed by atoms with van der Waals surface area (Å²) < 4.78 is 5.22. The highest BCUT2D eigenvalue weighted by molar-refractivity contribution is 5.90. The topological polar surface area (TPSA) is 108 Å². The van der Waals surface area contributed by atoms with E-state index in [9.17, 15) is 19.5 Å². The molecule has 2 atom stereocenters. The van der Waals surface area contributed by atoms with Gasteiger partial charge in [-0.05, 0) is 70.7 Å². The van der Waals surface area contributed by atoms with Crippen molar-refractivity contribution in [1.29, 1.82) is 0 Å². The standard InChI is InChI=1S/C25H41N3O5/c1-8-10-14-28(21(30)16-26-24(32)33-25(5,6)7)22(23(31)27-18(4)11-9-2)19-12-13-20(29)17(3)15-19/h12-13,15,18,22,29H,8-11,14,16H2,1-7H3,(H,26,32)(H,27,31). The van der Waals surface area contributed by atoms with E-state index >= 15 is 0 Å². The molecule has 0 heterocycles. The van der Waals surface area contributed by atoms with Gasteiger partial charge >= 0.3 is 6.09 Å². The second-order valence-corrected chi connectivity index (χ2v) is 9.44. The fourth-order valence-corrected chi connectivity index (χ4v) is 3.44. The summed E-state index contributed by atoms with van der Waals surface area (Å²) in [5, 5.41) is 15.5. The maximum Gasteiger partial charge on any atom is 0.408 e. The Balaban J connectivity index is 3.23. The number of aryl methyl sites for hydroxylation is 1. The second kappa shape index (κ2) is 13.1. The third-order valence-corrected chi connectivity index (χ3v) is 5.06. The minimum atomic E-state index is -0.886. The third kappa shape index (κ3) is 9.72. The van der Waals surface area contributed by atoms with Gasteiger partial charge in [0.25, 0.3) is 0 Å². The number of phenolic OH excluding ortho intramolecular Hbond substituents is 1. The Morgan fingerprint density at radius 3 is 2.36 bits per heavy atom. The zero-order valence-corrected chi connectivity index (χ0v) is 21.2. The first-order valence-corrected chi connectivity index (χ1v) is 11.8. The van der Waals surface area contributed by atoms with Crippen molar-refractivity contribution in [2.75, 3.05) is 13.1 Å². The first-order valence-electron chi connectivity index (χ1n) is 11.8. The predicted molar refractivity (Wildman–Crippen MR) is 129 cm³/mol. The van der Waals surface area contributed by atoms with Crippen LogP contribution in [0.4, 0.5) is 4.79 Å². The van der Waals surface area contributed by atoms with E-state index < -0.39 is 17.7 Å². The van der Waals surface area contributed by atoms with Crippen molar-refractivity contribution in [1.82, 2.24) is 15.5 Å². The van der Waals surface area contributed by atoms with E-state index in [1.807, 2.05) is 20.8 Å². The van der Waals surface area contributed by atoms with E-state index in [2.05, 4.69) is 10.6 Å². The molecule has 0 aliphatic rings. The molecule has 33 heavy (non-hydrogen) atoms. The SMILES string of the molecule is CCCCN(C(=O)CNC(=O)OC(C)(C)C)C(C(=O)NC(C)CCC)c1ccc(O)c(C)c1. The highest BCUT2D eigenvalue weighted by atomic mass is 16.6. The molecule has 2 unspecified atom stereocenters. The maximum atomic E-state index is 13.4. The van der Waals surface area contributed by atoms with Gasteiger partial charge in [0.2, 0.25) is 11.8 Å². The van der Waals surface area contributed by atoms with Gasteiger partial charge < -0.3 is 25.4 Å². The van der Waals surface area contributed by atoms with Crippen LogP contribution >= 0.6 is 0 Å². The average molecular weight is 464 g/mol. The number of rotatable bonds is 11. The molecule has 0 radical (unpaired) electrons. The smallest absolute Gasteiger partial charge is 0.408 e. The summed E-state index contributed by atoms with van der Waals surface area (Å²) in [4.78, 5) is 40.2. The molecule has 8 heteroatoms. The fraction of sp³-hybridized carbons (Fsp3) is 0.640. The molecule has 8 nitrogen and oxygen atoms in total. The summed E-state index contributed by atoms with van der Waals surface area (Å²) in [5.41, 5.74) is 0.533. The Morgan fingerprint density at radius 1 is 1.15 bits per heavy atom. The zero-order chi connectivity index (χ0) is 25.2.